The molecular formula is C13H27ClN2O. The summed E-state index contributed by atoms with van der Waals surface area (Å²) in [5, 5.41) is 0. The molecule has 102 valence electrons. The number of likely N-dealkylation sites (tertiary alicyclic amines) is 1. The molecule has 0 spiro atoms. The van der Waals surface area contributed by atoms with Gasteiger partial charge in [0.05, 0.1) is 6.61 Å². The third-order valence-electron chi connectivity index (χ3n) is 4.15. The average molecular weight is 263 g/mol. The standard InChI is InChI=1S/C13H26N2O.ClH/c1-11(14)13-4-6-15(7-5-13)9-12-3-2-8-16-10-12;/h11-13H,2-10,14H2,1H3;1H. The third kappa shape index (κ3) is 4.74. The number of ether oxygens (including phenoxy) is 1. The smallest absolute Gasteiger partial charge is 0.0506 e. The minimum Gasteiger partial charge on any atom is -0.381 e. The summed E-state index contributed by atoms with van der Waals surface area (Å²) in [5.41, 5.74) is 5.96. The summed E-state index contributed by atoms with van der Waals surface area (Å²) in [6.45, 7) is 7.82. The second-order valence-electron chi connectivity index (χ2n) is 5.58. The van der Waals surface area contributed by atoms with Crippen LogP contribution in [0.5, 0.6) is 0 Å². The summed E-state index contributed by atoms with van der Waals surface area (Å²) in [7, 11) is 0. The highest BCUT2D eigenvalue weighted by atomic mass is 35.5. The number of halogens is 1. The first kappa shape index (κ1) is 15.2. The van der Waals surface area contributed by atoms with E-state index in [1.54, 1.807) is 0 Å². The van der Waals surface area contributed by atoms with Gasteiger partial charge in [0.15, 0.2) is 0 Å². The van der Waals surface area contributed by atoms with Gasteiger partial charge in [0.1, 0.15) is 0 Å². The van der Waals surface area contributed by atoms with E-state index in [0.717, 1.165) is 25.0 Å². The van der Waals surface area contributed by atoms with Gasteiger partial charge >= 0.3 is 0 Å². The van der Waals surface area contributed by atoms with Crippen LogP contribution in [0.1, 0.15) is 32.6 Å². The average Bonchev–Trinajstić information content (AvgIpc) is 2.31. The van der Waals surface area contributed by atoms with Gasteiger partial charge in [0.25, 0.3) is 0 Å². The van der Waals surface area contributed by atoms with Gasteiger partial charge in [-0.25, -0.2) is 0 Å². The summed E-state index contributed by atoms with van der Waals surface area (Å²) in [4.78, 5) is 2.61. The molecule has 2 aliphatic rings. The van der Waals surface area contributed by atoms with Crippen molar-refractivity contribution in [3.05, 3.63) is 0 Å². The van der Waals surface area contributed by atoms with Crippen LogP contribution in [0.2, 0.25) is 0 Å². The van der Waals surface area contributed by atoms with E-state index in [4.69, 9.17) is 10.5 Å². The van der Waals surface area contributed by atoms with Crippen molar-refractivity contribution in [1.82, 2.24) is 4.90 Å². The maximum atomic E-state index is 5.96. The molecule has 2 N–H and O–H groups in total. The SMILES string of the molecule is CC(N)C1CCN(CC2CCCOC2)CC1.Cl. The summed E-state index contributed by atoms with van der Waals surface area (Å²) in [6, 6.07) is 0.375. The van der Waals surface area contributed by atoms with E-state index in [2.05, 4.69) is 11.8 Å². The summed E-state index contributed by atoms with van der Waals surface area (Å²) in [5.74, 6) is 1.53. The predicted octanol–water partition coefficient (Wildman–Crippen LogP) is 1.89. The minimum absolute atomic E-state index is 0. The number of nitrogens with zero attached hydrogens (tertiary/aromatic N) is 1. The minimum atomic E-state index is 0. The highest BCUT2D eigenvalue weighted by molar-refractivity contribution is 5.85. The molecule has 2 aliphatic heterocycles. The second kappa shape index (κ2) is 7.57. The van der Waals surface area contributed by atoms with Crippen molar-refractivity contribution in [2.45, 2.75) is 38.6 Å². The molecule has 17 heavy (non-hydrogen) atoms. The Labute approximate surface area is 111 Å². The third-order valence-corrected chi connectivity index (χ3v) is 4.15. The van der Waals surface area contributed by atoms with Crippen LogP contribution in [0, 0.1) is 11.8 Å². The molecule has 0 aromatic rings. The molecular weight excluding hydrogens is 236 g/mol. The van der Waals surface area contributed by atoms with Crippen LogP contribution in [-0.4, -0.2) is 43.8 Å². The normalized spacial score (nSPS) is 29.6. The van der Waals surface area contributed by atoms with Gasteiger partial charge in [0.2, 0.25) is 0 Å². The lowest BCUT2D eigenvalue weighted by Gasteiger charge is -2.36. The molecule has 0 saturated carbocycles. The van der Waals surface area contributed by atoms with Crippen LogP contribution in [0.3, 0.4) is 0 Å². The Morgan fingerprint density at radius 1 is 1.29 bits per heavy atom. The Balaban J connectivity index is 0.00000144. The molecule has 0 aromatic heterocycles. The number of hydrogen-bond acceptors (Lipinski definition) is 3. The fourth-order valence-electron chi connectivity index (χ4n) is 2.98. The molecule has 0 aromatic carbocycles. The van der Waals surface area contributed by atoms with E-state index in [1.165, 1.54) is 45.3 Å². The molecule has 2 fully saturated rings. The zero-order valence-corrected chi connectivity index (χ0v) is 11.8. The van der Waals surface area contributed by atoms with Crippen LogP contribution in [0.15, 0.2) is 0 Å². The largest absolute Gasteiger partial charge is 0.381 e. The summed E-state index contributed by atoms with van der Waals surface area (Å²) in [6.07, 6.45) is 5.17. The van der Waals surface area contributed by atoms with Gasteiger partial charge < -0.3 is 15.4 Å². The monoisotopic (exact) mass is 262 g/mol. The van der Waals surface area contributed by atoms with Gasteiger partial charge in [-0.1, -0.05) is 0 Å². The maximum Gasteiger partial charge on any atom is 0.0506 e. The molecule has 0 aliphatic carbocycles. The van der Waals surface area contributed by atoms with Crippen LogP contribution >= 0.6 is 12.4 Å². The molecule has 2 saturated heterocycles. The molecule has 0 radical (unpaired) electrons. The van der Waals surface area contributed by atoms with E-state index < -0.39 is 0 Å². The molecule has 2 atom stereocenters. The Hall–Kier alpha value is 0.170. The molecule has 2 heterocycles. The van der Waals surface area contributed by atoms with Crippen molar-refractivity contribution in [1.29, 1.82) is 0 Å². The van der Waals surface area contributed by atoms with E-state index >= 15 is 0 Å². The highest BCUT2D eigenvalue weighted by Crippen LogP contribution is 2.22. The van der Waals surface area contributed by atoms with Crippen molar-refractivity contribution < 1.29 is 4.74 Å². The molecule has 3 nitrogen and oxygen atoms in total. The lowest BCUT2D eigenvalue weighted by atomic mass is 9.90. The van der Waals surface area contributed by atoms with E-state index in [0.29, 0.717) is 6.04 Å². The first-order valence-electron chi connectivity index (χ1n) is 6.81. The Morgan fingerprint density at radius 2 is 2.00 bits per heavy atom. The number of rotatable bonds is 3. The van der Waals surface area contributed by atoms with Crippen molar-refractivity contribution in [2.24, 2.45) is 17.6 Å². The van der Waals surface area contributed by atoms with Crippen LogP contribution in [0.4, 0.5) is 0 Å². The first-order valence-corrected chi connectivity index (χ1v) is 6.81. The molecule has 0 bridgehead atoms. The molecule has 2 rings (SSSR count). The Bertz CT molecular complexity index is 200. The van der Waals surface area contributed by atoms with Crippen molar-refractivity contribution in [3.8, 4) is 0 Å². The molecule has 0 amide bonds. The second-order valence-corrected chi connectivity index (χ2v) is 5.58. The lowest BCUT2D eigenvalue weighted by Crippen LogP contribution is -2.42. The van der Waals surface area contributed by atoms with Gasteiger partial charge in [-0.3, -0.25) is 0 Å². The number of piperidine rings is 1. The topological polar surface area (TPSA) is 38.5 Å². The Kier molecular flexibility index (Phi) is 6.78. The fraction of sp³-hybridized carbons (Fsp3) is 1.00. The van der Waals surface area contributed by atoms with Gasteiger partial charge in [0, 0.05) is 19.2 Å². The van der Waals surface area contributed by atoms with Crippen LogP contribution in [0.25, 0.3) is 0 Å². The quantitative estimate of drug-likeness (QED) is 0.844. The van der Waals surface area contributed by atoms with Crippen LogP contribution < -0.4 is 5.73 Å². The maximum absolute atomic E-state index is 5.96. The highest BCUT2D eigenvalue weighted by Gasteiger charge is 2.24. The zero-order valence-electron chi connectivity index (χ0n) is 10.9. The molecule has 2 unspecified atom stereocenters. The van der Waals surface area contributed by atoms with E-state index in [1.807, 2.05) is 0 Å². The van der Waals surface area contributed by atoms with Crippen molar-refractivity contribution >= 4 is 12.4 Å². The van der Waals surface area contributed by atoms with Crippen molar-refractivity contribution in [3.63, 3.8) is 0 Å². The number of nitrogens with two attached hydrogens (primary N) is 1. The summed E-state index contributed by atoms with van der Waals surface area (Å²) >= 11 is 0. The van der Waals surface area contributed by atoms with E-state index in [-0.39, 0.29) is 12.4 Å². The van der Waals surface area contributed by atoms with Gasteiger partial charge in [-0.15, -0.1) is 12.4 Å². The van der Waals surface area contributed by atoms with Crippen molar-refractivity contribution in [2.75, 3.05) is 32.8 Å². The fourth-order valence-corrected chi connectivity index (χ4v) is 2.98. The van der Waals surface area contributed by atoms with Crippen LogP contribution in [-0.2, 0) is 4.74 Å². The lowest BCUT2D eigenvalue weighted by molar-refractivity contribution is 0.0320. The van der Waals surface area contributed by atoms with Gasteiger partial charge in [-0.2, -0.15) is 0 Å². The van der Waals surface area contributed by atoms with E-state index in [9.17, 15) is 0 Å². The summed E-state index contributed by atoms with van der Waals surface area (Å²) < 4.78 is 5.54. The predicted molar refractivity (Wildman–Crippen MR) is 73.6 cm³/mol. The van der Waals surface area contributed by atoms with Gasteiger partial charge in [-0.05, 0) is 57.5 Å². The molecule has 4 heteroatoms. The number of hydrogen-bond donors (Lipinski definition) is 1. The first-order chi connectivity index (χ1) is 7.75. The zero-order chi connectivity index (χ0) is 11.4. The Morgan fingerprint density at radius 3 is 2.53 bits per heavy atom.